The van der Waals surface area contributed by atoms with Crippen LogP contribution in [0.5, 0.6) is 0 Å². The molecular weight excluding hydrogens is 218 g/mol. The molecule has 17 heavy (non-hydrogen) atoms. The van der Waals surface area contributed by atoms with Gasteiger partial charge in [0.15, 0.2) is 0 Å². The van der Waals surface area contributed by atoms with Crippen molar-refractivity contribution in [3.05, 3.63) is 36.0 Å². The Morgan fingerprint density at radius 1 is 1.41 bits per heavy atom. The third-order valence-electron chi connectivity index (χ3n) is 2.28. The number of carbonyl (C=O) groups excluding carboxylic acids is 1. The predicted octanol–water partition coefficient (Wildman–Crippen LogP) is 2.20. The van der Waals surface area contributed by atoms with Crippen molar-refractivity contribution in [1.29, 1.82) is 0 Å². The number of nitrogens with one attached hydrogen (secondary N) is 1. The fourth-order valence-electron chi connectivity index (χ4n) is 1.37. The average Bonchev–Trinajstić information content (AvgIpc) is 2.75. The molecule has 2 rings (SSSR count). The third kappa shape index (κ3) is 2.63. The quantitative estimate of drug-likeness (QED) is 0.489. The lowest BCUT2D eigenvalue weighted by Crippen LogP contribution is -2.20. The van der Waals surface area contributed by atoms with Crippen LogP contribution >= 0.6 is 0 Å². The molecule has 1 amide bonds. The van der Waals surface area contributed by atoms with Gasteiger partial charge in [0.25, 0.3) is 0 Å². The first-order valence-corrected chi connectivity index (χ1v) is 5.15. The Morgan fingerprint density at radius 2 is 2.24 bits per heavy atom. The molecule has 0 unspecified atom stereocenters. The fraction of sp³-hybridized carbons (Fsp3) is 0.167. The van der Waals surface area contributed by atoms with Gasteiger partial charge in [-0.15, -0.1) is 0 Å². The Morgan fingerprint density at radius 3 is 3.00 bits per heavy atom. The van der Waals surface area contributed by atoms with Gasteiger partial charge in [0.05, 0.1) is 6.21 Å². The van der Waals surface area contributed by atoms with E-state index in [1.54, 1.807) is 14.1 Å². The zero-order valence-corrected chi connectivity index (χ0v) is 9.68. The summed E-state index contributed by atoms with van der Waals surface area (Å²) in [7, 11) is 3.20. The van der Waals surface area contributed by atoms with Crippen LogP contribution in [-0.4, -0.2) is 36.3 Å². The average molecular weight is 231 g/mol. The summed E-state index contributed by atoms with van der Waals surface area (Å²) in [5.41, 5.74) is 1.94. The molecule has 88 valence electrons. The highest BCUT2D eigenvalue weighted by molar-refractivity contribution is 5.88. The zero-order chi connectivity index (χ0) is 12.3. The van der Waals surface area contributed by atoms with E-state index < -0.39 is 6.09 Å². The zero-order valence-electron chi connectivity index (χ0n) is 9.68. The van der Waals surface area contributed by atoms with E-state index in [-0.39, 0.29) is 0 Å². The number of hydrogen-bond donors (Lipinski definition) is 1. The van der Waals surface area contributed by atoms with E-state index in [9.17, 15) is 4.79 Å². The molecule has 1 aromatic heterocycles. The third-order valence-corrected chi connectivity index (χ3v) is 2.28. The second kappa shape index (κ2) is 4.69. The van der Waals surface area contributed by atoms with Gasteiger partial charge >= 0.3 is 6.09 Å². The monoisotopic (exact) mass is 231 g/mol. The van der Waals surface area contributed by atoms with Crippen molar-refractivity contribution in [2.45, 2.75) is 0 Å². The van der Waals surface area contributed by atoms with Crippen molar-refractivity contribution in [2.75, 3.05) is 14.1 Å². The Bertz CT molecular complexity index is 558. The van der Waals surface area contributed by atoms with Gasteiger partial charge < -0.3 is 9.88 Å². The molecule has 0 aliphatic carbocycles. The number of hydrogen-bond acceptors (Lipinski definition) is 3. The standard InChI is InChI=1S/C12H13N3O2/c1-15(2)12(16)17-14-8-9-3-4-11-10(7-9)5-6-13-11/h3-8,13H,1-2H3. The lowest BCUT2D eigenvalue weighted by Gasteiger charge is -2.05. The summed E-state index contributed by atoms with van der Waals surface area (Å²) < 4.78 is 0. The molecule has 2 aromatic rings. The van der Waals surface area contributed by atoms with Gasteiger partial charge in [-0.05, 0) is 29.1 Å². The highest BCUT2D eigenvalue weighted by Gasteiger charge is 2.02. The van der Waals surface area contributed by atoms with Crippen molar-refractivity contribution >= 4 is 23.2 Å². The molecule has 0 spiro atoms. The van der Waals surface area contributed by atoms with E-state index in [4.69, 9.17) is 0 Å². The molecule has 0 atom stereocenters. The van der Waals surface area contributed by atoms with Crippen LogP contribution in [0.4, 0.5) is 4.79 Å². The summed E-state index contributed by atoms with van der Waals surface area (Å²) in [4.78, 5) is 20.2. The topological polar surface area (TPSA) is 57.7 Å². The van der Waals surface area contributed by atoms with Gasteiger partial charge in [0.2, 0.25) is 0 Å². The minimum Gasteiger partial charge on any atom is -0.361 e. The maximum absolute atomic E-state index is 11.1. The van der Waals surface area contributed by atoms with Crippen molar-refractivity contribution in [2.24, 2.45) is 5.16 Å². The second-order valence-electron chi connectivity index (χ2n) is 3.81. The van der Waals surface area contributed by atoms with Crippen LogP contribution in [0.2, 0.25) is 0 Å². The maximum atomic E-state index is 11.1. The van der Waals surface area contributed by atoms with Crippen molar-refractivity contribution < 1.29 is 9.63 Å². The number of nitrogens with zero attached hydrogens (tertiary/aromatic N) is 2. The largest absolute Gasteiger partial charge is 0.435 e. The van der Waals surface area contributed by atoms with Crippen LogP contribution in [0.3, 0.4) is 0 Å². The van der Waals surface area contributed by atoms with Crippen molar-refractivity contribution in [1.82, 2.24) is 9.88 Å². The van der Waals surface area contributed by atoms with Crippen LogP contribution in [0.15, 0.2) is 35.6 Å². The number of oxime groups is 1. The predicted molar refractivity (Wildman–Crippen MR) is 66.1 cm³/mol. The summed E-state index contributed by atoms with van der Waals surface area (Å²) in [6.07, 6.45) is 2.88. The molecule has 1 aromatic carbocycles. The number of aromatic amines is 1. The number of amides is 1. The minimum absolute atomic E-state index is 0.496. The lowest BCUT2D eigenvalue weighted by atomic mass is 10.2. The van der Waals surface area contributed by atoms with Gasteiger partial charge in [-0.3, -0.25) is 4.84 Å². The molecule has 0 aliphatic heterocycles. The molecule has 0 bridgehead atoms. The Kier molecular flexibility index (Phi) is 3.09. The smallest absolute Gasteiger partial charge is 0.361 e. The van der Waals surface area contributed by atoms with E-state index in [2.05, 4.69) is 15.0 Å². The summed E-state index contributed by atoms with van der Waals surface area (Å²) in [6, 6.07) is 7.77. The highest BCUT2D eigenvalue weighted by atomic mass is 16.7. The van der Waals surface area contributed by atoms with Crippen LogP contribution < -0.4 is 0 Å². The number of carbonyl (C=O) groups is 1. The maximum Gasteiger partial charge on any atom is 0.435 e. The molecular formula is C12H13N3O2. The summed E-state index contributed by atoms with van der Waals surface area (Å²) >= 11 is 0. The van der Waals surface area contributed by atoms with Crippen LogP contribution in [0.1, 0.15) is 5.56 Å². The summed E-state index contributed by atoms with van der Waals surface area (Å²) in [5.74, 6) is 0. The number of fused-ring (bicyclic) bond motifs is 1. The molecule has 0 fully saturated rings. The second-order valence-corrected chi connectivity index (χ2v) is 3.81. The van der Waals surface area contributed by atoms with E-state index in [1.165, 1.54) is 11.1 Å². The van der Waals surface area contributed by atoms with Crippen molar-refractivity contribution in [3.8, 4) is 0 Å². The Balaban J connectivity index is 2.07. The molecule has 5 heteroatoms. The molecule has 0 saturated heterocycles. The number of rotatable bonds is 2. The van der Waals surface area contributed by atoms with E-state index in [1.807, 2.05) is 30.5 Å². The number of H-pyrrole nitrogens is 1. The highest BCUT2D eigenvalue weighted by Crippen LogP contribution is 2.12. The van der Waals surface area contributed by atoms with Crippen molar-refractivity contribution in [3.63, 3.8) is 0 Å². The first-order chi connectivity index (χ1) is 8.16. The Labute approximate surface area is 98.7 Å². The van der Waals surface area contributed by atoms with Gasteiger partial charge in [-0.25, -0.2) is 4.79 Å². The molecule has 0 radical (unpaired) electrons. The van der Waals surface area contributed by atoms with Crippen LogP contribution in [-0.2, 0) is 4.84 Å². The molecule has 1 N–H and O–H groups in total. The normalized spacial score (nSPS) is 10.9. The summed E-state index contributed by atoms with van der Waals surface area (Å²) in [6.45, 7) is 0. The lowest BCUT2D eigenvalue weighted by molar-refractivity contribution is 0.123. The molecule has 5 nitrogen and oxygen atoms in total. The number of benzene rings is 1. The van der Waals surface area contributed by atoms with E-state index in [0.29, 0.717) is 0 Å². The van der Waals surface area contributed by atoms with E-state index in [0.717, 1.165) is 16.5 Å². The first-order valence-electron chi connectivity index (χ1n) is 5.15. The first kappa shape index (κ1) is 11.2. The minimum atomic E-state index is -0.496. The van der Waals surface area contributed by atoms with Gasteiger partial charge in [0.1, 0.15) is 0 Å². The van der Waals surface area contributed by atoms with Crippen LogP contribution in [0.25, 0.3) is 10.9 Å². The van der Waals surface area contributed by atoms with E-state index >= 15 is 0 Å². The van der Waals surface area contributed by atoms with Gasteiger partial charge in [-0.2, -0.15) is 0 Å². The Hall–Kier alpha value is -2.30. The molecule has 1 heterocycles. The number of aromatic nitrogens is 1. The molecule has 0 aliphatic rings. The van der Waals surface area contributed by atoms with Gasteiger partial charge in [-0.1, -0.05) is 11.2 Å². The SMILES string of the molecule is CN(C)C(=O)ON=Cc1ccc2[nH]ccc2c1. The van der Waals surface area contributed by atoms with Gasteiger partial charge in [0, 0.05) is 25.8 Å². The molecule has 0 saturated carbocycles. The van der Waals surface area contributed by atoms with Crippen LogP contribution in [0, 0.1) is 0 Å². The summed E-state index contributed by atoms with van der Waals surface area (Å²) in [5, 5.41) is 4.72. The fourth-order valence-corrected chi connectivity index (χ4v) is 1.37.